The van der Waals surface area contributed by atoms with Gasteiger partial charge in [-0.2, -0.15) is 0 Å². The number of ether oxygens (including phenoxy) is 1. The minimum atomic E-state index is 0.227. The Morgan fingerprint density at radius 3 is 2.75 bits per heavy atom. The Kier molecular flexibility index (Phi) is 3.50. The lowest BCUT2D eigenvalue weighted by Gasteiger charge is -2.18. The fraction of sp³-hybridized carbons (Fsp3) is 0.818. The Balaban J connectivity index is 2.36. The molecule has 2 unspecified atom stereocenters. The van der Waals surface area contributed by atoms with E-state index in [1.165, 1.54) is 0 Å². The minimum absolute atomic E-state index is 0.227. The maximum Gasteiger partial charge on any atom is 0.148 e. The lowest BCUT2D eigenvalue weighted by atomic mass is 10.0. The van der Waals surface area contributed by atoms with Crippen molar-refractivity contribution in [3.8, 4) is 0 Å². The number of hydrogen-bond acceptors (Lipinski definition) is 3. The predicted molar refractivity (Wildman–Crippen MR) is 62.7 cm³/mol. The molecule has 0 spiro atoms. The van der Waals surface area contributed by atoms with E-state index in [1.807, 2.05) is 0 Å². The molecular formula is C11H18ClN3O. The normalized spacial score (nSPS) is 25.6. The third kappa shape index (κ3) is 1.96. The van der Waals surface area contributed by atoms with E-state index in [0.717, 1.165) is 24.7 Å². The van der Waals surface area contributed by atoms with E-state index in [4.69, 9.17) is 16.3 Å². The number of hydrogen-bond donors (Lipinski definition) is 0. The summed E-state index contributed by atoms with van der Waals surface area (Å²) in [5, 5.41) is 8.45. The number of alkyl halides is 1. The van der Waals surface area contributed by atoms with Gasteiger partial charge in [-0.1, -0.05) is 0 Å². The van der Waals surface area contributed by atoms with Crippen LogP contribution in [0.3, 0.4) is 0 Å². The maximum atomic E-state index is 5.88. The van der Waals surface area contributed by atoms with E-state index in [9.17, 15) is 0 Å². The first-order valence-electron chi connectivity index (χ1n) is 5.76. The van der Waals surface area contributed by atoms with Crippen LogP contribution in [0.1, 0.15) is 50.8 Å². The quantitative estimate of drug-likeness (QED) is 0.766. The molecule has 0 saturated carbocycles. The van der Waals surface area contributed by atoms with Crippen LogP contribution < -0.4 is 0 Å². The molecule has 0 amide bonds. The Bertz CT molecular complexity index is 364. The second kappa shape index (κ2) is 4.72. The number of halogens is 1. The van der Waals surface area contributed by atoms with Gasteiger partial charge in [0.1, 0.15) is 11.6 Å². The van der Waals surface area contributed by atoms with Gasteiger partial charge in [-0.15, -0.1) is 21.8 Å². The summed E-state index contributed by atoms with van der Waals surface area (Å²) in [5.41, 5.74) is 0. The van der Waals surface area contributed by atoms with Crippen LogP contribution in [0.4, 0.5) is 0 Å². The smallest absolute Gasteiger partial charge is 0.148 e. The van der Waals surface area contributed by atoms with E-state index in [-0.39, 0.29) is 6.10 Å². The molecule has 0 aliphatic carbocycles. The highest BCUT2D eigenvalue weighted by Crippen LogP contribution is 2.31. The Labute approximate surface area is 101 Å². The molecule has 1 saturated heterocycles. The molecule has 1 aromatic rings. The summed E-state index contributed by atoms with van der Waals surface area (Å²) < 4.78 is 7.73. The molecule has 0 radical (unpaired) electrons. The lowest BCUT2D eigenvalue weighted by Crippen LogP contribution is -2.17. The minimum Gasteiger partial charge on any atom is -0.378 e. The van der Waals surface area contributed by atoms with E-state index in [1.54, 1.807) is 0 Å². The van der Waals surface area contributed by atoms with Crippen molar-refractivity contribution in [2.24, 2.45) is 0 Å². The Morgan fingerprint density at radius 2 is 2.25 bits per heavy atom. The molecule has 1 fully saturated rings. The van der Waals surface area contributed by atoms with Crippen molar-refractivity contribution in [2.75, 3.05) is 6.61 Å². The summed E-state index contributed by atoms with van der Waals surface area (Å²) in [6.07, 6.45) is 1.25. The van der Waals surface area contributed by atoms with Crippen LogP contribution in [0.15, 0.2) is 0 Å². The fourth-order valence-electron chi connectivity index (χ4n) is 2.31. The van der Waals surface area contributed by atoms with Crippen molar-refractivity contribution >= 4 is 11.6 Å². The molecule has 2 rings (SSSR count). The second-order valence-electron chi connectivity index (χ2n) is 4.54. The van der Waals surface area contributed by atoms with Crippen LogP contribution in [0.25, 0.3) is 0 Å². The van der Waals surface area contributed by atoms with Gasteiger partial charge < -0.3 is 9.30 Å². The second-order valence-corrected chi connectivity index (χ2v) is 4.81. The van der Waals surface area contributed by atoms with Crippen molar-refractivity contribution in [3.63, 3.8) is 0 Å². The first-order valence-corrected chi connectivity index (χ1v) is 6.29. The van der Waals surface area contributed by atoms with Crippen molar-refractivity contribution < 1.29 is 4.74 Å². The third-order valence-electron chi connectivity index (χ3n) is 3.14. The molecule has 0 N–H and O–H groups in total. The largest absolute Gasteiger partial charge is 0.378 e. The van der Waals surface area contributed by atoms with Gasteiger partial charge in [0, 0.05) is 18.6 Å². The van der Waals surface area contributed by atoms with Gasteiger partial charge in [0.2, 0.25) is 0 Å². The molecule has 1 aliphatic rings. The third-order valence-corrected chi connectivity index (χ3v) is 3.38. The van der Waals surface area contributed by atoms with Crippen molar-refractivity contribution in [3.05, 3.63) is 11.6 Å². The van der Waals surface area contributed by atoms with Crippen LogP contribution in [0, 0.1) is 0 Å². The fourth-order valence-corrected chi connectivity index (χ4v) is 2.50. The zero-order valence-corrected chi connectivity index (χ0v) is 10.7. The van der Waals surface area contributed by atoms with Crippen LogP contribution >= 0.6 is 11.6 Å². The van der Waals surface area contributed by atoms with Gasteiger partial charge in [0.15, 0.2) is 0 Å². The predicted octanol–water partition coefficient (Wildman–Crippen LogP) is 2.49. The summed E-state index contributed by atoms with van der Waals surface area (Å²) in [5.74, 6) is 2.64. The highest BCUT2D eigenvalue weighted by molar-refractivity contribution is 6.16. The number of nitrogens with zero attached hydrogens (tertiary/aromatic N) is 3. The summed E-state index contributed by atoms with van der Waals surface area (Å²) in [4.78, 5) is 0. The number of aromatic nitrogens is 3. The lowest BCUT2D eigenvalue weighted by molar-refractivity contribution is 0.116. The van der Waals surface area contributed by atoms with Crippen molar-refractivity contribution in [2.45, 2.75) is 51.1 Å². The first-order chi connectivity index (χ1) is 7.65. The van der Waals surface area contributed by atoms with Crippen LogP contribution in [-0.2, 0) is 10.6 Å². The summed E-state index contributed by atoms with van der Waals surface area (Å²) >= 11 is 5.88. The topological polar surface area (TPSA) is 39.9 Å². The van der Waals surface area contributed by atoms with Gasteiger partial charge >= 0.3 is 0 Å². The van der Waals surface area contributed by atoms with Gasteiger partial charge in [-0.25, -0.2) is 0 Å². The van der Waals surface area contributed by atoms with E-state index >= 15 is 0 Å². The average Bonchev–Trinajstić information content (AvgIpc) is 2.82. The molecule has 16 heavy (non-hydrogen) atoms. The summed E-state index contributed by atoms with van der Waals surface area (Å²) in [6, 6.07) is 0.339. The van der Waals surface area contributed by atoms with Gasteiger partial charge in [0.05, 0.1) is 12.0 Å². The van der Waals surface area contributed by atoms with Crippen molar-refractivity contribution in [1.82, 2.24) is 14.8 Å². The molecule has 2 heterocycles. The molecule has 90 valence electrons. The van der Waals surface area contributed by atoms with E-state index < -0.39 is 0 Å². The maximum absolute atomic E-state index is 5.88. The molecule has 2 atom stereocenters. The number of rotatable bonds is 3. The van der Waals surface area contributed by atoms with E-state index in [0.29, 0.717) is 17.8 Å². The van der Waals surface area contributed by atoms with E-state index in [2.05, 4.69) is 35.5 Å². The van der Waals surface area contributed by atoms with Crippen molar-refractivity contribution in [1.29, 1.82) is 0 Å². The molecule has 0 bridgehead atoms. The highest BCUT2D eigenvalue weighted by atomic mass is 35.5. The summed E-state index contributed by atoms with van der Waals surface area (Å²) in [7, 11) is 0. The Hall–Kier alpha value is -0.610. The highest BCUT2D eigenvalue weighted by Gasteiger charge is 2.31. The zero-order chi connectivity index (χ0) is 11.7. The van der Waals surface area contributed by atoms with Crippen LogP contribution in [-0.4, -0.2) is 27.5 Å². The molecule has 1 aromatic heterocycles. The molecule has 0 aromatic carbocycles. The molecule has 4 nitrogen and oxygen atoms in total. The molecule has 1 aliphatic heterocycles. The zero-order valence-electron chi connectivity index (χ0n) is 9.98. The Morgan fingerprint density at radius 1 is 1.50 bits per heavy atom. The van der Waals surface area contributed by atoms with Gasteiger partial charge in [-0.05, 0) is 27.2 Å². The standard InChI is InChI=1S/C11H18ClN3O/c1-7(2)15-10(6-12)13-14-11(15)9-4-5-16-8(9)3/h7-9H,4-6H2,1-3H3. The molecular weight excluding hydrogens is 226 g/mol. The average molecular weight is 244 g/mol. The SMILES string of the molecule is CC1OCCC1c1nnc(CCl)n1C(C)C. The van der Waals surface area contributed by atoms with Crippen LogP contribution in [0.2, 0.25) is 0 Å². The van der Waals surface area contributed by atoms with Gasteiger partial charge in [0.25, 0.3) is 0 Å². The van der Waals surface area contributed by atoms with Crippen LogP contribution in [0.5, 0.6) is 0 Å². The molecule has 5 heteroatoms. The first kappa shape index (κ1) is 11.9. The monoisotopic (exact) mass is 243 g/mol. The van der Waals surface area contributed by atoms with Gasteiger partial charge in [-0.3, -0.25) is 0 Å². The summed E-state index contributed by atoms with van der Waals surface area (Å²) in [6.45, 7) is 7.16.